The number of benzene rings is 1. The Morgan fingerprint density at radius 1 is 1.26 bits per heavy atom. The second-order valence-corrected chi connectivity index (χ2v) is 11.1. The average molecular weight is 500 g/mol. The van der Waals surface area contributed by atoms with Gasteiger partial charge < -0.3 is 20.3 Å². The van der Waals surface area contributed by atoms with E-state index in [9.17, 15) is 13.2 Å². The first kappa shape index (κ1) is 25.1. The van der Waals surface area contributed by atoms with Crippen molar-refractivity contribution < 1.29 is 17.9 Å². The van der Waals surface area contributed by atoms with Gasteiger partial charge in [0.25, 0.3) is 10.0 Å². The summed E-state index contributed by atoms with van der Waals surface area (Å²) in [5.41, 5.74) is 7.79. The van der Waals surface area contributed by atoms with E-state index in [1.54, 1.807) is 24.4 Å². The Balaban J connectivity index is 1.35. The maximum atomic E-state index is 12.4. The van der Waals surface area contributed by atoms with Gasteiger partial charge >= 0.3 is 0 Å². The molecule has 0 unspecified atom stereocenters. The monoisotopic (exact) mass is 499 g/mol. The van der Waals surface area contributed by atoms with E-state index >= 15 is 0 Å². The molecule has 0 spiro atoms. The number of carbonyl (C=O) groups excluding carboxylic acids is 1. The van der Waals surface area contributed by atoms with Crippen molar-refractivity contribution in [2.24, 2.45) is 16.0 Å². The predicted molar refractivity (Wildman–Crippen MR) is 137 cm³/mol. The summed E-state index contributed by atoms with van der Waals surface area (Å²) in [6, 6.07) is 9.12. The fourth-order valence-electron chi connectivity index (χ4n) is 4.59. The van der Waals surface area contributed by atoms with E-state index in [0.717, 1.165) is 44.7 Å². The highest BCUT2D eigenvalue weighted by molar-refractivity contribution is 7.89. The van der Waals surface area contributed by atoms with Crippen molar-refractivity contribution in [3.8, 4) is 5.75 Å². The van der Waals surface area contributed by atoms with Crippen LogP contribution in [0.2, 0.25) is 0 Å². The zero-order valence-corrected chi connectivity index (χ0v) is 21.1. The highest BCUT2D eigenvalue weighted by atomic mass is 32.2. The molecule has 0 aliphatic carbocycles. The number of nitrogens with zero attached hydrogens (tertiary/aromatic N) is 4. The molecule has 0 radical (unpaired) electrons. The number of nitrogens with two attached hydrogens (primary N) is 1. The van der Waals surface area contributed by atoms with Crippen LogP contribution in [-0.4, -0.2) is 70.3 Å². The van der Waals surface area contributed by atoms with Crippen LogP contribution >= 0.6 is 0 Å². The van der Waals surface area contributed by atoms with Crippen molar-refractivity contribution in [1.29, 1.82) is 0 Å². The molecular formula is C25H33N5O4S. The third-order valence-electron chi connectivity index (χ3n) is 6.34. The van der Waals surface area contributed by atoms with Gasteiger partial charge in [-0.1, -0.05) is 12.1 Å². The van der Waals surface area contributed by atoms with Gasteiger partial charge in [0.05, 0.1) is 17.9 Å². The Kier molecular flexibility index (Phi) is 7.71. The zero-order valence-electron chi connectivity index (χ0n) is 20.3. The van der Waals surface area contributed by atoms with E-state index in [0.29, 0.717) is 35.5 Å². The number of sulfonamides is 1. The molecule has 1 fully saturated rings. The van der Waals surface area contributed by atoms with Crippen LogP contribution in [0.3, 0.4) is 0 Å². The molecule has 2 aliphatic heterocycles. The first-order valence-electron chi connectivity index (χ1n) is 11.9. The average Bonchev–Trinajstić information content (AvgIpc) is 2.81. The summed E-state index contributed by atoms with van der Waals surface area (Å²) in [5, 5.41) is 0. The van der Waals surface area contributed by atoms with Gasteiger partial charge in [0.1, 0.15) is 17.4 Å². The Morgan fingerprint density at radius 2 is 2.09 bits per heavy atom. The van der Waals surface area contributed by atoms with E-state index in [2.05, 4.69) is 19.2 Å². The number of carbonyl (C=O) groups is 1. The largest absolute Gasteiger partial charge is 0.492 e. The molecule has 1 aromatic heterocycles. The third kappa shape index (κ3) is 6.37. The van der Waals surface area contributed by atoms with Gasteiger partial charge in [-0.3, -0.25) is 4.79 Å². The summed E-state index contributed by atoms with van der Waals surface area (Å²) in [4.78, 5) is 21.3. The molecule has 1 atom stereocenters. The minimum atomic E-state index is -3.58. The van der Waals surface area contributed by atoms with E-state index < -0.39 is 10.0 Å². The van der Waals surface area contributed by atoms with Gasteiger partial charge in [0.15, 0.2) is 5.78 Å². The minimum absolute atomic E-state index is 0.0207. The standard InChI is InChI=1S/C25H33N5O4S/c1-29(2)12-5-8-21(31)19-10-11-23(27-14-19)30-13-4-6-18(15-30)16-34-22-9-3-7-20-17-35(32,33)28-25(26)24(20)22/h3,7,9-11,14,18H,4-6,8,12-13,15-17H2,1-2H3,(H2,26,28)/t18-/m0/s1. The van der Waals surface area contributed by atoms with Crippen LogP contribution in [0.25, 0.3) is 0 Å². The lowest BCUT2D eigenvalue weighted by molar-refractivity contribution is 0.0977. The van der Waals surface area contributed by atoms with Crippen molar-refractivity contribution in [1.82, 2.24) is 9.88 Å². The summed E-state index contributed by atoms with van der Waals surface area (Å²) < 4.78 is 33.6. The fourth-order valence-corrected chi connectivity index (χ4v) is 5.68. The van der Waals surface area contributed by atoms with Crippen molar-refractivity contribution in [2.45, 2.75) is 31.4 Å². The molecule has 2 aromatic rings. The number of Topliss-reactive ketones (excluding diaryl/α,β-unsaturated/α-hetero) is 1. The second-order valence-electron chi connectivity index (χ2n) is 9.49. The van der Waals surface area contributed by atoms with Gasteiger partial charge in [-0.05, 0) is 63.7 Å². The van der Waals surface area contributed by atoms with Gasteiger partial charge in [-0.2, -0.15) is 0 Å². The molecule has 0 amide bonds. The molecule has 0 bridgehead atoms. The molecule has 0 saturated carbocycles. The third-order valence-corrected chi connectivity index (χ3v) is 7.49. The maximum Gasteiger partial charge on any atom is 0.259 e. The van der Waals surface area contributed by atoms with Gasteiger partial charge in [-0.25, -0.2) is 13.4 Å². The summed E-state index contributed by atoms with van der Waals surface area (Å²) in [6.45, 7) is 3.06. The Morgan fingerprint density at radius 3 is 2.83 bits per heavy atom. The topological polar surface area (TPSA) is 118 Å². The van der Waals surface area contributed by atoms with E-state index in [-0.39, 0.29) is 23.3 Å². The van der Waals surface area contributed by atoms with Gasteiger partial charge in [-0.15, -0.1) is 4.40 Å². The van der Waals surface area contributed by atoms with Crippen molar-refractivity contribution in [2.75, 3.05) is 45.2 Å². The highest BCUT2D eigenvalue weighted by Gasteiger charge is 2.26. The summed E-state index contributed by atoms with van der Waals surface area (Å²) in [5.74, 6) is 1.63. The van der Waals surface area contributed by atoms with Crippen LogP contribution < -0.4 is 15.4 Å². The van der Waals surface area contributed by atoms with E-state index in [1.165, 1.54) is 0 Å². The molecule has 4 rings (SSSR count). The number of aromatic nitrogens is 1. The number of piperidine rings is 1. The first-order valence-corrected chi connectivity index (χ1v) is 13.5. The smallest absolute Gasteiger partial charge is 0.259 e. The Labute approximate surface area is 207 Å². The normalized spacial score (nSPS) is 19.2. The summed E-state index contributed by atoms with van der Waals surface area (Å²) in [7, 11) is 0.422. The van der Waals surface area contributed by atoms with Crippen LogP contribution in [0, 0.1) is 5.92 Å². The number of anilines is 1. The lowest BCUT2D eigenvalue weighted by Crippen LogP contribution is -2.38. The number of amidine groups is 1. The molecular weight excluding hydrogens is 466 g/mol. The molecule has 188 valence electrons. The SMILES string of the molecule is CN(C)CCCC(=O)c1ccc(N2CCC[C@H](COc3cccc4c3C(N)=NS(=O)(=O)C4)C2)nc1. The maximum absolute atomic E-state index is 12.4. The lowest BCUT2D eigenvalue weighted by atomic mass is 9.98. The number of hydrogen-bond acceptors (Lipinski definition) is 8. The molecule has 1 saturated heterocycles. The highest BCUT2D eigenvalue weighted by Crippen LogP contribution is 2.29. The predicted octanol–water partition coefficient (Wildman–Crippen LogP) is 2.45. The van der Waals surface area contributed by atoms with Crippen molar-refractivity contribution in [3.05, 3.63) is 53.2 Å². The lowest BCUT2D eigenvalue weighted by Gasteiger charge is -2.33. The molecule has 2 aliphatic rings. The molecule has 3 heterocycles. The number of fused-ring (bicyclic) bond motifs is 1. The molecule has 10 heteroatoms. The number of pyridine rings is 1. The van der Waals surface area contributed by atoms with Crippen LogP contribution in [0.5, 0.6) is 5.75 Å². The van der Waals surface area contributed by atoms with Crippen molar-refractivity contribution >= 4 is 27.5 Å². The first-order chi connectivity index (χ1) is 16.7. The molecule has 35 heavy (non-hydrogen) atoms. The zero-order chi connectivity index (χ0) is 25.0. The van der Waals surface area contributed by atoms with Crippen LogP contribution in [-0.2, 0) is 15.8 Å². The van der Waals surface area contributed by atoms with Crippen LogP contribution in [0.15, 0.2) is 40.9 Å². The molecule has 1 aromatic carbocycles. The Bertz CT molecular complexity index is 1190. The number of ether oxygens (including phenoxy) is 1. The van der Waals surface area contributed by atoms with Crippen molar-refractivity contribution in [3.63, 3.8) is 0 Å². The van der Waals surface area contributed by atoms with Crippen LogP contribution in [0.4, 0.5) is 5.82 Å². The number of ketones is 1. The molecule has 2 N–H and O–H groups in total. The quantitative estimate of drug-likeness (QED) is 0.523. The second kappa shape index (κ2) is 10.7. The summed E-state index contributed by atoms with van der Waals surface area (Å²) in [6.07, 6.45) is 5.06. The number of rotatable bonds is 9. The van der Waals surface area contributed by atoms with Crippen LogP contribution in [0.1, 0.15) is 47.2 Å². The fraction of sp³-hybridized carbons (Fsp3) is 0.480. The number of hydrogen-bond donors (Lipinski definition) is 1. The summed E-state index contributed by atoms with van der Waals surface area (Å²) >= 11 is 0. The van der Waals surface area contributed by atoms with E-state index in [4.69, 9.17) is 10.5 Å². The van der Waals surface area contributed by atoms with Gasteiger partial charge in [0.2, 0.25) is 0 Å². The van der Waals surface area contributed by atoms with Gasteiger partial charge in [0, 0.05) is 37.2 Å². The van der Waals surface area contributed by atoms with E-state index in [1.807, 2.05) is 26.2 Å². The molecule has 9 nitrogen and oxygen atoms in total. The Hall–Kier alpha value is -2.98. The minimum Gasteiger partial charge on any atom is -0.492 e.